The van der Waals surface area contributed by atoms with Crippen LogP contribution in [0.3, 0.4) is 0 Å². The lowest BCUT2D eigenvalue weighted by Gasteiger charge is -2.09. The van der Waals surface area contributed by atoms with Gasteiger partial charge in [-0.05, 0) is 38.3 Å². The van der Waals surface area contributed by atoms with Crippen LogP contribution < -0.4 is 10.6 Å². The summed E-state index contributed by atoms with van der Waals surface area (Å²) < 4.78 is 5.17. The molecule has 0 atom stereocenters. The van der Waals surface area contributed by atoms with E-state index in [-0.39, 0.29) is 6.03 Å². The first-order valence-electron chi connectivity index (χ1n) is 6.93. The number of nitrogens with zero attached hydrogens (tertiary/aromatic N) is 2. The summed E-state index contributed by atoms with van der Waals surface area (Å²) in [6, 6.07) is -0.385. The Bertz CT molecular complexity index is 807. The molecular weight excluding hydrogens is 304 g/mol. The monoisotopic (exact) mass is 318 g/mol. The van der Waals surface area contributed by atoms with Gasteiger partial charge in [-0.2, -0.15) is 0 Å². The second kappa shape index (κ2) is 5.81. The van der Waals surface area contributed by atoms with Gasteiger partial charge in [-0.1, -0.05) is 28.9 Å². The predicted octanol–water partition coefficient (Wildman–Crippen LogP) is 3.85. The number of anilines is 1. The van der Waals surface area contributed by atoms with Gasteiger partial charge in [0, 0.05) is 5.70 Å². The molecule has 2 amide bonds. The Labute approximate surface area is 132 Å². The van der Waals surface area contributed by atoms with Crippen LogP contribution in [0.15, 0.2) is 28.4 Å². The lowest BCUT2D eigenvalue weighted by atomic mass is 10.1. The Balaban J connectivity index is 1.85. The highest BCUT2D eigenvalue weighted by Gasteiger charge is 2.18. The van der Waals surface area contributed by atoms with E-state index in [0.717, 1.165) is 24.1 Å². The van der Waals surface area contributed by atoms with Crippen molar-refractivity contribution in [3.63, 3.8) is 0 Å². The molecule has 0 radical (unpaired) electrons. The Hall–Kier alpha value is -2.34. The van der Waals surface area contributed by atoms with Crippen LogP contribution in [0.25, 0.3) is 11.1 Å². The molecule has 1 aliphatic rings. The molecule has 3 rings (SSSR count). The lowest BCUT2D eigenvalue weighted by Crippen LogP contribution is -2.28. The maximum atomic E-state index is 12.1. The van der Waals surface area contributed by atoms with E-state index in [1.54, 1.807) is 6.92 Å². The van der Waals surface area contributed by atoms with E-state index >= 15 is 0 Å². The lowest BCUT2D eigenvalue weighted by molar-refractivity contribution is 0.254. The predicted molar refractivity (Wildman–Crippen MR) is 84.9 cm³/mol. The van der Waals surface area contributed by atoms with Crippen LogP contribution in [0.5, 0.6) is 0 Å². The van der Waals surface area contributed by atoms with E-state index in [2.05, 4.69) is 20.8 Å². The normalized spacial score (nSPS) is 14.0. The number of hydrogen-bond donors (Lipinski definition) is 2. The summed E-state index contributed by atoms with van der Waals surface area (Å²) in [7, 11) is 0. The molecule has 0 spiro atoms. The van der Waals surface area contributed by atoms with Crippen molar-refractivity contribution in [2.45, 2.75) is 26.7 Å². The van der Waals surface area contributed by atoms with Gasteiger partial charge in [-0.3, -0.25) is 5.32 Å². The van der Waals surface area contributed by atoms with Crippen molar-refractivity contribution in [1.29, 1.82) is 0 Å². The van der Waals surface area contributed by atoms with Gasteiger partial charge in [0.05, 0.1) is 16.1 Å². The number of carbonyl (C=O) groups is 1. The van der Waals surface area contributed by atoms with E-state index in [1.165, 1.54) is 0 Å². The quantitative estimate of drug-likeness (QED) is 0.881. The van der Waals surface area contributed by atoms with Crippen molar-refractivity contribution in [2.75, 3.05) is 5.32 Å². The number of pyridine rings is 1. The first-order valence-corrected chi connectivity index (χ1v) is 7.31. The summed E-state index contributed by atoms with van der Waals surface area (Å²) in [5.74, 6) is 0.305. The molecule has 114 valence electrons. The molecule has 0 unspecified atom stereocenters. The van der Waals surface area contributed by atoms with Crippen molar-refractivity contribution in [1.82, 2.24) is 15.5 Å². The van der Waals surface area contributed by atoms with Crippen LogP contribution in [0, 0.1) is 13.8 Å². The van der Waals surface area contributed by atoms with Crippen molar-refractivity contribution in [2.24, 2.45) is 0 Å². The zero-order chi connectivity index (χ0) is 15.7. The average Bonchev–Trinajstić information content (AvgIpc) is 2.88. The number of halogens is 1. The van der Waals surface area contributed by atoms with E-state index in [0.29, 0.717) is 27.6 Å². The summed E-state index contributed by atoms with van der Waals surface area (Å²) in [5, 5.41) is 10.4. The molecule has 0 aromatic carbocycles. The fraction of sp³-hybridized carbons (Fsp3) is 0.267. The van der Waals surface area contributed by atoms with Crippen molar-refractivity contribution >= 4 is 34.5 Å². The number of aromatic nitrogens is 2. The van der Waals surface area contributed by atoms with Crippen LogP contribution in [-0.2, 0) is 0 Å². The number of fused-ring (bicyclic) bond motifs is 1. The Kier molecular flexibility index (Phi) is 3.85. The van der Waals surface area contributed by atoms with E-state index in [9.17, 15) is 4.79 Å². The number of urea groups is 1. The zero-order valence-electron chi connectivity index (χ0n) is 12.2. The largest absolute Gasteiger partial charge is 0.334 e. The summed E-state index contributed by atoms with van der Waals surface area (Å²) >= 11 is 6.20. The van der Waals surface area contributed by atoms with E-state index in [4.69, 9.17) is 16.1 Å². The van der Waals surface area contributed by atoms with Crippen LogP contribution in [0.4, 0.5) is 10.6 Å². The molecular formula is C15H15ClN4O2. The highest BCUT2D eigenvalue weighted by Crippen LogP contribution is 2.31. The van der Waals surface area contributed by atoms with E-state index in [1.807, 2.05) is 25.2 Å². The second-order valence-electron chi connectivity index (χ2n) is 5.07. The number of carbonyl (C=O) groups excluding carboxylic acids is 1. The van der Waals surface area contributed by atoms with Gasteiger partial charge in [0.1, 0.15) is 0 Å². The summed E-state index contributed by atoms with van der Waals surface area (Å²) in [6.07, 6.45) is 7.75. The number of hydrogen-bond acceptors (Lipinski definition) is 4. The molecule has 1 aliphatic carbocycles. The molecule has 0 aliphatic heterocycles. The third-order valence-corrected chi connectivity index (χ3v) is 4.01. The molecule has 2 aromatic rings. The average molecular weight is 319 g/mol. The van der Waals surface area contributed by atoms with Crippen molar-refractivity contribution in [3.05, 3.63) is 40.2 Å². The van der Waals surface area contributed by atoms with Crippen LogP contribution in [-0.4, -0.2) is 16.2 Å². The van der Waals surface area contributed by atoms with Gasteiger partial charge in [0.25, 0.3) is 5.71 Å². The SMILES string of the molecule is Cc1nc2onc(NC(=O)NC3=CCCC=C3)c2c(C)c1Cl. The van der Waals surface area contributed by atoms with Gasteiger partial charge in [0.2, 0.25) is 0 Å². The number of nitrogens with one attached hydrogen (secondary N) is 2. The molecule has 0 saturated heterocycles. The number of rotatable bonds is 2. The van der Waals surface area contributed by atoms with Gasteiger partial charge < -0.3 is 9.84 Å². The minimum absolute atomic E-state index is 0.305. The number of allylic oxidation sites excluding steroid dienone is 3. The molecule has 0 bridgehead atoms. The Morgan fingerprint density at radius 1 is 1.32 bits per heavy atom. The van der Waals surface area contributed by atoms with Crippen LogP contribution in [0.1, 0.15) is 24.1 Å². The molecule has 0 fully saturated rings. The standard InChI is InChI=1S/C15H15ClN4O2/c1-8-11-13(20-22-14(11)17-9(2)12(8)16)19-15(21)18-10-6-4-3-5-7-10/h4,6-7H,3,5H2,1-2H3,(H2,18,19,20,21). The van der Waals surface area contributed by atoms with Gasteiger partial charge in [-0.25, -0.2) is 9.78 Å². The molecule has 2 aromatic heterocycles. The zero-order valence-corrected chi connectivity index (χ0v) is 13.0. The first kappa shape index (κ1) is 14.6. The molecule has 7 heteroatoms. The first-order chi connectivity index (χ1) is 10.6. The highest BCUT2D eigenvalue weighted by molar-refractivity contribution is 6.33. The number of amides is 2. The molecule has 2 heterocycles. The van der Waals surface area contributed by atoms with Crippen molar-refractivity contribution in [3.8, 4) is 0 Å². The third kappa shape index (κ3) is 2.69. The molecule has 0 saturated carbocycles. The second-order valence-corrected chi connectivity index (χ2v) is 5.44. The summed E-state index contributed by atoms with van der Waals surface area (Å²) in [6.45, 7) is 3.63. The minimum Gasteiger partial charge on any atom is -0.334 e. The topological polar surface area (TPSA) is 80.1 Å². The third-order valence-electron chi connectivity index (χ3n) is 3.45. The maximum Gasteiger partial charge on any atom is 0.324 e. The number of aryl methyl sites for hydroxylation is 2. The molecule has 6 nitrogen and oxygen atoms in total. The van der Waals surface area contributed by atoms with Crippen LogP contribution >= 0.6 is 11.6 Å². The minimum atomic E-state index is -0.385. The summed E-state index contributed by atoms with van der Waals surface area (Å²) in [5.41, 5.74) is 2.56. The Morgan fingerprint density at radius 3 is 2.86 bits per heavy atom. The Morgan fingerprint density at radius 2 is 2.14 bits per heavy atom. The van der Waals surface area contributed by atoms with Gasteiger partial charge >= 0.3 is 6.03 Å². The highest BCUT2D eigenvalue weighted by atomic mass is 35.5. The molecule has 22 heavy (non-hydrogen) atoms. The van der Waals surface area contributed by atoms with E-state index < -0.39 is 0 Å². The van der Waals surface area contributed by atoms with Crippen LogP contribution in [0.2, 0.25) is 5.02 Å². The van der Waals surface area contributed by atoms with Gasteiger partial charge in [-0.15, -0.1) is 0 Å². The van der Waals surface area contributed by atoms with Crippen molar-refractivity contribution < 1.29 is 9.32 Å². The smallest absolute Gasteiger partial charge is 0.324 e. The fourth-order valence-electron chi connectivity index (χ4n) is 2.34. The fourth-order valence-corrected chi connectivity index (χ4v) is 2.48. The van der Waals surface area contributed by atoms with Gasteiger partial charge in [0.15, 0.2) is 5.82 Å². The maximum absolute atomic E-state index is 12.1. The molecule has 2 N–H and O–H groups in total. The summed E-state index contributed by atoms with van der Waals surface area (Å²) in [4.78, 5) is 16.3.